The summed E-state index contributed by atoms with van der Waals surface area (Å²) in [4.78, 5) is 24.3. The molecule has 1 N–H and O–H groups in total. The van der Waals surface area contributed by atoms with Gasteiger partial charge in [-0.05, 0) is 45.4 Å². The molecule has 1 aliphatic heterocycles. The molecule has 0 amide bonds. The number of nitrogens with zero attached hydrogens (tertiary/aromatic N) is 3. The summed E-state index contributed by atoms with van der Waals surface area (Å²) in [6.07, 6.45) is 2.10. The SMILES string of the molecule is CCOC(=O)c1ccc(Cn2nc(C3CCCNC3)n(CC)c2=O)o1. The number of carbonyl (C=O) groups excluding carboxylic acids is 1. The van der Waals surface area contributed by atoms with E-state index in [1.165, 1.54) is 4.68 Å². The molecule has 0 aromatic carbocycles. The number of hydrogen-bond acceptors (Lipinski definition) is 6. The highest BCUT2D eigenvalue weighted by Gasteiger charge is 2.24. The molecule has 0 spiro atoms. The molecule has 1 fully saturated rings. The topological polar surface area (TPSA) is 91.3 Å². The van der Waals surface area contributed by atoms with Crippen molar-refractivity contribution in [1.82, 2.24) is 19.7 Å². The Labute approximate surface area is 145 Å². The molecule has 3 rings (SSSR count). The molecule has 8 heteroatoms. The fourth-order valence-electron chi connectivity index (χ4n) is 3.15. The van der Waals surface area contributed by atoms with Crippen LogP contribution in [0.2, 0.25) is 0 Å². The van der Waals surface area contributed by atoms with Crippen LogP contribution in [-0.2, 0) is 17.8 Å². The van der Waals surface area contributed by atoms with Crippen LogP contribution in [0.5, 0.6) is 0 Å². The van der Waals surface area contributed by atoms with Gasteiger partial charge in [0.1, 0.15) is 18.1 Å². The summed E-state index contributed by atoms with van der Waals surface area (Å²) in [6.45, 7) is 6.59. The van der Waals surface area contributed by atoms with Crippen molar-refractivity contribution in [3.63, 3.8) is 0 Å². The van der Waals surface area contributed by atoms with Crippen LogP contribution in [0.3, 0.4) is 0 Å². The third kappa shape index (κ3) is 3.68. The maximum Gasteiger partial charge on any atom is 0.374 e. The van der Waals surface area contributed by atoms with Gasteiger partial charge in [-0.2, -0.15) is 5.10 Å². The highest BCUT2D eigenvalue weighted by molar-refractivity contribution is 5.86. The molecule has 0 radical (unpaired) electrons. The molecule has 3 heterocycles. The van der Waals surface area contributed by atoms with E-state index < -0.39 is 5.97 Å². The van der Waals surface area contributed by atoms with E-state index in [2.05, 4.69) is 10.4 Å². The number of ether oxygens (including phenoxy) is 1. The van der Waals surface area contributed by atoms with E-state index in [9.17, 15) is 9.59 Å². The lowest BCUT2D eigenvalue weighted by Gasteiger charge is -2.21. The Kier molecular flexibility index (Phi) is 5.37. The summed E-state index contributed by atoms with van der Waals surface area (Å²) >= 11 is 0. The normalized spacial score (nSPS) is 17.6. The molecular weight excluding hydrogens is 324 g/mol. The molecule has 1 aliphatic rings. The van der Waals surface area contributed by atoms with Crippen LogP contribution in [0.1, 0.15) is 54.7 Å². The Morgan fingerprint density at radius 3 is 2.96 bits per heavy atom. The summed E-state index contributed by atoms with van der Waals surface area (Å²) in [5, 5.41) is 7.90. The van der Waals surface area contributed by atoms with Crippen LogP contribution in [0.15, 0.2) is 21.3 Å². The van der Waals surface area contributed by atoms with Crippen molar-refractivity contribution in [3.05, 3.63) is 40.0 Å². The smallest absolute Gasteiger partial charge is 0.374 e. The van der Waals surface area contributed by atoms with Crippen molar-refractivity contribution in [2.24, 2.45) is 0 Å². The van der Waals surface area contributed by atoms with Gasteiger partial charge in [0.05, 0.1) is 6.61 Å². The number of furan rings is 1. The minimum absolute atomic E-state index is 0.136. The first-order valence-electron chi connectivity index (χ1n) is 8.78. The van der Waals surface area contributed by atoms with Gasteiger partial charge < -0.3 is 14.5 Å². The Bertz CT molecular complexity index is 783. The van der Waals surface area contributed by atoms with Gasteiger partial charge in [0, 0.05) is 19.0 Å². The zero-order valence-electron chi connectivity index (χ0n) is 14.7. The van der Waals surface area contributed by atoms with Gasteiger partial charge in [-0.3, -0.25) is 4.57 Å². The number of rotatable bonds is 6. The number of piperidine rings is 1. The van der Waals surface area contributed by atoms with E-state index in [4.69, 9.17) is 9.15 Å². The number of carbonyl (C=O) groups is 1. The fourth-order valence-corrected chi connectivity index (χ4v) is 3.15. The van der Waals surface area contributed by atoms with E-state index >= 15 is 0 Å². The summed E-state index contributed by atoms with van der Waals surface area (Å²) < 4.78 is 13.5. The predicted octanol–water partition coefficient (Wildman–Crippen LogP) is 1.35. The first kappa shape index (κ1) is 17.5. The van der Waals surface area contributed by atoms with Crippen LogP contribution in [-0.4, -0.2) is 40.0 Å². The van der Waals surface area contributed by atoms with Gasteiger partial charge in [0.2, 0.25) is 5.76 Å². The zero-order chi connectivity index (χ0) is 17.8. The van der Waals surface area contributed by atoms with Crippen molar-refractivity contribution in [1.29, 1.82) is 0 Å². The summed E-state index contributed by atoms with van der Waals surface area (Å²) in [7, 11) is 0. The minimum Gasteiger partial charge on any atom is -0.460 e. The summed E-state index contributed by atoms with van der Waals surface area (Å²) in [5.41, 5.74) is -0.155. The number of aromatic nitrogens is 3. The van der Waals surface area contributed by atoms with Crippen molar-refractivity contribution >= 4 is 5.97 Å². The van der Waals surface area contributed by atoms with Crippen LogP contribution in [0.25, 0.3) is 0 Å². The van der Waals surface area contributed by atoms with Crippen molar-refractivity contribution in [2.45, 2.75) is 45.7 Å². The van der Waals surface area contributed by atoms with E-state index in [1.54, 1.807) is 23.6 Å². The third-order valence-electron chi connectivity index (χ3n) is 4.37. The predicted molar refractivity (Wildman–Crippen MR) is 90.8 cm³/mol. The second-order valence-corrected chi connectivity index (χ2v) is 6.07. The minimum atomic E-state index is -0.505. The maximum absolute atomic E-state index is 12.6. The van der Waals surface area contributed by atoms with Gasteiger partial charge in [-0.25, -0.2) is 14.3 Å². The van der Waals surface area contributed by atoms with Gasteiger partial charge >= 0.3 is 11.7 Å². The molecule has 25 heavy (non-hydrogen) atoms. The lowest BCUT2D eigenvalue weighted by atomic mass is 9.99. The second kappa shape index (κ2) is 7.69. The summed E-state index contributed by atoms with van der Waals surface area (Å²) in [5.74, 6) is 1.19. The molecule has 0 bridgehead atoms. The quantitative estimate of drug-likeness (QED) is 0.793. The molecule has 1 unspecified atom stereocenters. The van der Waals surface area contributed by atoms with Crippen molar-refractivity contribution in [2.75, 3.05) is 19.7 Å². The average Bonchev–Trinajstić information content (AvgIpc) is 3.21. The molecule has 2 aromatic heterocycles. The Hall–Kier alpha value is -2.35. The largest absolute Gasteiger partial charge is 0.460 e. The van der Waals surface area contributed by atoms with Crippen molar-refractivity contribution < 1.29 is 13.9 Å². The molecule has 0 saturated carbocycles. The molecule has 8 nitrogen and oxygen atoms in total. The first-order chi connectivity index (χ1) is 12.1. The Balaban J connectivity index is 1.82. The van der Waals surface area contributed by atoms with E-state index in [-0.39, 0.29) is 30.5 Å². The van der Waals surface area contributed by atoms with Gasteiger partial charge in [0.25, 0.3) is 0 Å². The number of esters is 1. The lowest BCUT2D eigenvalue weighted by Crippen LogP contribution is -2.31. The maximum atomic E-state index is 12.6. The lowest BCUT2D eigenvalue weighted by molar-refractivity contribution is 0.0487. The standard InChI is InChI=1S/C17H24N4O4/c1-3-20-15(12-6-5-9-18-10-12)19-21(17(20)23)11-13-7-8-14(25-13)16(22)24-4-2/h7-8,12,18H,3-6,9-11H2,1-2H3. The Morgan fingerprint density at radius 1 is 1.44 bits per heavy atom. The van der Waals surface area contributed by atoms with E-state index in [0.717, 1.165) is 31.8 Å². The molecular formula is C17H24N4O4. The van der Waals surface area contributed by atoms with E-state index in [1.807, 2.05) is 6.92 Å². The van der Waals surface area contributed by atoms with Gasteiger partial charge in [-0.15, -0.1) is 0 Å². The average molecular weight is 348 g/mol. The van der Waals surface area contributed by atoms with Crippen LogP contribution >= 0.6 is 0 Å². The van der Waals surface area contributed by atoms with Gasteiger partial charge in [0.15, 0.2) is 0 Å². The van der Waals surface area contributed by atoms with Crippen LogP contribution in [0.4, 0.5) is 0 Å². The highest BCUT2D eigenvalue weighted by atomic mass is 16.5. The molecule has 136 valence electrons. The van der Waals surface area contributed by atoms with Crippen LogP contribution in [0, 0.1) is 0 Å². The highest BCUT2D eigenvalue weighted by Crippen LogP contribution is 2.21. The first-order valence-corrected chi connectivity index (χ1v) is 8.78. The van der Waals surface area contributed by atoms with E-state index in [0.29, 0.717) is 12.3 Å². The molecule has 2 aromatic rings. The van der Waals surface area contributed by atoms with Crippen molar-refractivity contribution in [3.8, 4) is 0 Å². The third-order valence-corrected chi connectivity index (χ3v) is 4.37. The zero-order valence-corrected chi connectivity index (χ0v) is 14.7. The summed E-state index contributed by atoms with van der Waals surface area (Å²) in [6, 6.07) is 3.23. The molecule has 0 aliphatic carbocycles. The molecule has 1 saturated heterocycles. The Morgan fingerprint density at radius 2 is 2.28 bits per heavy atom. The fraction of sp³-hybridized carbons (Fsp3) is 0.588. The van der Waals surface area contributed by atoms with Crippen LogP contribution < -0.4 is 11.0 Å². The number of hydrogen-bond donors (Lipinski definition) is 1. The second-order valence-electron chi connectivity index (χ2n) is 6.07. The van der Waals surface area contributed by atoms with Gasteiger partial charge in [-0.1, -0.05) is 0 Å². The monoisotopic (exact) mass is 348 g/mol. The number of nitrogens with one attached hydrogen (secondary N) is 1. The molecule has 1 atom stereocenters.